The molecule has 0 heterocycles. The standard InChI is InChI=1S/C20H27BN2O4/c1-14-6-4-9-16(19(14)24)13-18(21(26)27)23-20(25)17-10-5-8-15(12-17)7-2-3-11-22/h4-6,8-10,12,18,24,26-27H,2-3,7,11,13,22H2,1H3,(H,23,25)/t18-/m0/s1. The van der Waals surface area contributed by atoms with Gasteiger partial charge in [0.05, 0.1) is 5.94 Å². The fourth-order valence-corrected chi connectivity index (χ4v) is 2.95. The molecular formula is C20H27BN2O4. The number of rotatable bonds is 9. The van der Waals surface area contributed by atoms with E-state index >= 15 is 0 Å². The summed E-state index contributed by atoms with van der Waals surface area (Å²) in [7, 11) is -1.75. The Hall–Kier alpha value is -2.35. The van der Waals surface area contributed by atoms with Crippen LogP contribution < -0.4 is 11.1 Å². The van der Waals surface area contributed by atoms with Gasteiger partial charge < -0.3 is 26.2 Å². The van der Waals surface area contributed by atoms with Crippen molar-refractivity contribution in [3.05, 3.63) is 64.7 Å². The van der Waals surface area contributed by atoms with Crippen LogP contribution in [0.4, 0.5) is 0 Å². The Labute approximate surface area is 160 Å². The van der Waals surface area contributed by atoms with Crippen molar-refractivity contribution in [2.45, 2.75) is 38.5 Å². The van der Waals surface area contributed by atoms with Gasteiger partial charge in [0.15, 0.2) is 0 Å². The molecule has 0 aliphatic heterocycles. The summed E-state index contributed by atoms with van der Waals surface area (Å²) in [6.07, 6.45) is 2.82. The molecule has 0 bridgehead atoms. The number of benzene rings is 2. The molecule has 0 spiro atoms. The molecule has 0 aromatic heterocycles. The SMILES string of the molecule is Cc1cccc(C[C@H](NC(=O)c2cccc(CCCCN)c2)B(O)O)c1O. The molecule has 0 unspecified atom stereocenters. The summed E-state index contributed by atoms with van der Waals surface area (Å²) < 4.78 is 0. The second-order valence-electron chi connectivity index (χ2n) is 6.73. The first-order valence-electron chi connectivity index (χ1n) is 9.16. The van der Waals surface area contributed by atoms with E-state index in [-0.39, 0.29) is 18.1 Å². The number of aryl methyl sites for hydroxylation is 2. The molecule has 2 rings (SSSR count). The Morgan fingerprint density at radius 1 is 1.19 bits per heavy atom. The lowest BCUT2D eigenvalue weighted by molar-refractivity contribution is 0.0941. The van der Waals surface area contributed by atoms with Crippen molar-refractivity contribution in [2.75, 3.05) is 6.54 Å². The Morgan fingerprint density at radius 3 is 2.63 bits per heavy atom. The molecule has 6 nitrogen and oxygen atoms in total. The summed E-state index contributed by atoms with van der Waals surface area (Å²) in [6.45, 7) is 2.40. The maximum Gasteiger partial charge on any atom is 0.475 e. The van der Waals surface area contributed by atoms with Crippen LogP contribution in [0, 0.1) is 6.92 Å². The van der Waals surface area contributed by atoms with E-state index < -0.39 is 13.1 Å². The van der Waals surface area contributed by atoms with Gasteiger partial charge in [-0.25, -0.2) is 0 Å². The van der Waals surface area contributed by atoms with Crippen LogP contribution in [0.2, 0.25) is 0 Å². The molecule has 0 aliphatic carbocycles. The van der Waals surface area contributed by atoms with Gasteiger partial charge in [-0.3, -0.25) is 4.79 Å². The van der Waals surface area contributed by atoms with Crippen molar-refractivity contribution in [3.63, 3.8) is 0 Å². The fourth-order valence-electron chi connectivity index (χ4n) is 2.95. The van der Waals surface area contributed by atoms with Crippen LogP contribution in [0.25, 0.3) is 0 Å². The van der Waals surface area contributed by atoms with Gasteiger partial charge in [-0.05, 0) is 68.0 Å². The molecule has 0 saturated carbocycles. The van der Waals surface area contributed by atoms with E-state index in [2.05, 4.69) is 5.32 Å². The predicted molar refractivity (Wildman–Crippen MR) is 106 cm³/mol. The number of carbonyl (C=O) groups excluding carboxylic acids is 1. The highest BCUT2D eigenvalue weighted by molar-refractivity contribution is 6.43. The topological polar surface area (TPSA) is 116 Å². The van der Waals surface area contributed by atoms with Crippen LogP contribution in [0.1, 0.15) is 39.9 Å². The van der Waals surface area contributed by atoms with Gasteiger partial charge in [-0.1, -0.05) is 30.3 Å². The highest BCUT2D eigenvalue weighted by atomic mass is 16.4. The Bertz CT molecular complexity index is 767. The molecule has 1 amide bonds. The largest absolute Gasteiger partial charge is 0.507 e. The Balaban J connectivity index is 2.08. The smallest absolute Gasteiger partial charge is 0.475 e. The summed E-state index contributed by atoms with van der Waals surface area (Å²) in [6, 6.07) is 12.5. The van der Waals surface area contributed by atoms with Gasteiger partial charge in [-0.15, -0.1) is 0 Å². The van der Waals surface area contributed by atoms with E-state index in [1.165, 1.54) is 0 Å². The number of para-hydroxylation sites is 1. The van der Waals surface area contributed by atoms with Crippen molar-refractivity contribution in [3.8, 4) is 5.75 Å². The molecule has 0 radical (unpaired) electrons. The van der Waals surface area contributed by atoms with Crippen molar-refractivity contribution in [2.24, 2.45) is 5.73 Å². The predicted octanol–water partition coefficient (Wildman–Crippen LogP) is 1.34. The van der Waals surface area contributed by atoms with Crippen molar-refractivity contribution in [1.82, 2.24) is 5.32 Å². The average molecular weight is 370 g/mol. The molecular weight excluding hydrogens is 343 g/mol. The van der Waals surface area contributed by atoms with Crippen LogP contribution in [-0.2, 0) is 12.8 Å². The number of hydrogen-bond donors (Lipinski definition) is 5. The second-order valence-corrected chi connectivity index (χ2v) is 6.73. The second kappa shape index (κ2) is 10.1. The van der Waals surface area contributed by atoms with Gasteiger partial charge in [-0.2, -0.15) is 0 Å². The molecule has 2 aromatic rings. The number of carbonyl (C=O) groups is 1. The molecule has 6 N–H and O–H groups in total. The molecule has 1 atom stereocenters. The zero-order chi connectivity index (χ0) is 19.8. The third-order valence-electron chi connectivity index (χ3n) is 4.55. The lowest BCUT2D eigenvalue weighted by Gasteiger charge is -2.19. The number of aromatic hydroxyl groups is 1. The first-order chi connectivity index (χ1) is 12.9. The van der Waals surface area contributed by atoms with Gasteiger partial charge in [0.25, 0.3) is 5.91 Å². The van der Waals surface area contributed by atoms with Gasteiger partial charge in [0, 0.05) is 5.56 Å². The minimum Gasteiger partial charge on any atom is -0.507 e. The zero-order valence-corrected chi connectivity index (χ0v) is 15.6. The van der Waals surface area contributed by atoms with Crippen molar-refractivity contribution < 1.29 is 19.9 Å². The number of unbranched alkanes of at least 4 members (excludes halogenated alkanes) is 1. The molecule has 0 fully saturated rings. The van der Waals surface area contributed by atoms with E-state index in [9.17, 15) is 19.9 Å². The van der Waals surface area contributed by atoms with Crippen LogP contribution in [0.15, 0.2) is 42.5 Å². The molecule has 0 saturated heterocycles. The number of amides is 1. The molecule has 0 aliphatic rings. The van der Waals surface area contributed by atoms with E-state index in [0.29, 0.717) is 23.2 Å². The molecule has 7 heteroatoms. The average Bonchev–Trinajstić information content (AvgIpc) is 2.65. The van der Waals surface area contributed by atoms with E-state index in [4.69, 9.17) is 5.73 Å². The van der Waals surface area contributed by atoms with Gasteiger partial charge in [0.2, 0.25) is 0 Å². The minimum absolute atomic E-state index is 0.0966. The van der Waals surface area contributed by atoms with Crippen LogP contribution in [0.5, 0.6) is 5.75 Å². The quantitative estimate of drug-likeness (QED) is 0.337. The first kappa shape index (κ1) is 21.0. The first-order valence-corrected chi connectivity index (χ1v) is 9.16. The lowest BCUT2D eigenvalue weighted by atomic mass is 9.75. The minimum atomic E-state index is -1.75. The van der Waals surface area contributed by atoms with Crippen LogP contribution in [0.3, 0.4) is 0 Å². The summed E-state index contributed by atoms with van der Waals surface area (Å²) in [5, 5.41) is 32.1. The number of phenolic OH excluding ortho intramolecular Hbond substituents is 1. The normalized spacial score (nSPS) is 11.9. The fraction of sp³-hybridized carbons (Fsp3) is 0.350. The highest BCUT2D eigenvalue weighted by Gasteiger charge is 2.27. The monoisotopic (exact) mass is 370 g/mol. The number of phenols is 1. The summed E-state index contributed by atoms with van der Waals surface area (Å²) in [4.78, 5) is 12.6. The maximum atomic E-state index is 12.6. The van der Waals surface area contributed by atoms with Crippen molar-refractivity contribution >= 4 is 13.0 Å². The third kappa shape index (κ3) is 6.10. The Kier molecular flexibility index (Phi) is 7.85. The number of hydrogen-bond acceptors (Lipinski definition) is 5. The van der Waals surface area contributed by atoms with E-state index in [1.807, 2.05) is 12.1 Å². The zero-order valence-electron chi connectivity index (χ0n) is 15.6. The molecule has 144 valence electrons. The van der Waals surface area contributed by atoms with Crippen LogP contribution >= 0.6 is 0 Å². The summed E-state index contributed by atoms with van der Waals surface area (Å²) in [5.41, 5.74) is 8.24. The van der Waals surface area contributed by atoms with Gasteiger partial charge >= 0.3 is 7.12 Å². The highest BCUT2D eigenvalue weighted by Crippen LogP contribution is 2.23. The van der Waals surface area contributed by atoms with E-state index in [1.54, 1.807) is 37.3 Å². The lowest BCUT2D eigenvalue weighted by Crippen LogP contribution is -2.47. The Morgan fingerprint density at radius 2 is 1.93 bits per heavy atom. The third-order valence-corrected chi connectivity index (χ3v) is 4.55. The van der Waals surface area contributed by atoms with Crippen LogP contribution in [-0.4, -0.2) is 40.7 Å². The van der Waals surface area contributed by atoms with E-state index in [0.717, 1.165) is 24.8 Å². The molecule has 2 aromatic carbocycles. The maximum absolute atomic E-state index is 12.6. The summed E-state index contributed by atoms with van der Waals surface area (Å²) in [5.74, 6) is -1.23. The summed E-state index contributed by atoms with van der Waals surface area (Å²) >= 11 is 0. The molecule has 27 heavy (non-hydrogen) atoms. The number of nitrogens with one attached hydrogen (secondary N) is 1. The number of nitrogens with two attached hydrogens (primary N) is 1. The van der Waals surface area contributed by atoms with Gasteiger partial charge in [0.1, 0.15) is 5.75 Å². The van der Waals surface area contributed by atoms with Crippen molar-refractivity contribution in [1.29, 1.82) is 0 Å².